The van der Waals surface area contributed by atoms with E-state index < -0.39 is 0 Å². The minimum absolute atomic E-state index is 0.0177. The smallest absolute Gasteiger partial charge is 0.222 e. The zero-order valence-corrected chi connectivity index (χ0v) is 11.5. The molecule has 2 saturated heterocycles. The predicted molar refractivity (Wildman–Crippen MR) is 71.5 cm³/mol. The monoisotopic (exact) mass is 268 g/mol. The van der Waals surface area contributed by atoms with Crippen LogP contribution in [0.1, 0.15) is 44.9 Å². The number of nitrogens with zero attached hydrogens (tertiary/aromatic N) is 2. The van der Waals surface area contributed by atoms with Crippen molar-refractivity contribution in [1.82, 2.24) is 9.80 Å². The number of carbonyl (C=O) groups is 2. The molecule has 0 radical (unpaired) electrons. The van der Waals surface area contributed by atoms with Gasteiger partial charge in [0.1, 0.15) is 0 Å². The lowest BCUT2D eigenvalue weighted by Gasteiger charge is -2.27. The summed E-state index contributed by atoms with van der Waals surface area (Å²) in [5, 5.41) is 9.20. The van der Waals surface area contributed by atoms with Crippen molar-refractivity contribution in [2.45, 2.75) is 51.0 Å². The van der Waals surface area contributed by atoms with E-state index in [2.05, 4.69) is 0 Å². The van der Waals surface area contributed by atoms with E-state index in [1.165, 1.54) is 0 Å². The third-order valence-electron chi connectivity index (χ3n) is 4.15. The molecule has 2 fully saturated rings. The standard InChI is InChI=1S/C14H24N2O3/c17-11-12-5-3-10-16(12)14(19)7-4-9-15-8-2-1-6-13(15)18/h12,17H,1-11H2/t12-/m0/s1. The molecule has 1 atom stereocenters. The zero-order valence-electron chi connectivity index (χ0n) is 11.5. The molecule has 2 aliphatic heterocycles. The van der Waals surface area contributed by atoms with Crippen LogP contribution in [0.15, 0.2) is 0 Å². The average molecular weight is 268 g/mol. The Kier molecular flexibility index (Phi) is 5.19. The lowest BCUT2D eigenvalue weighted by Crippen LogP contribution is -2.39. The van der Waals surface area contributed by atoms with Crippen molar-refractivity contribution < 1.29 is 14.7 Å². The SMILES string of the molecule is O=C1CCCCN1CCCC(=O)N1CCC[C@H]1CO. The number of carbonyl (C=O) groups excluding carboxylic acids is 2. The van der Waals surface area contributed by atoms with Gasteiger partial charge in [-0.15, -0.1) is 0 Å². The lowest BCUT2D eigenvalue weighted by atomic mass is 10.1. The van der Waals surface area contributed by atoms with Gasteiger partial charge in [0, 0.05) is 32.5 Å². The van der Waals surface area contributed by atoms with Crippen molar-refractivity contribution in [3.63, 3.8) is 0 Å². The fraction of sp³-hybridized carbons (Fsp3) is 0.857. The Morgan fingerprint density at radius 2 is 2.11 bits per heavy atom. The number of likely N-dealkylation sites (tertiary alicyclic amines) is 2. The second-order valence-electron chi connectivity index (χ2n) is 5.51. The van der Waals surface area contributed by atoms with E-state index in [1.807, 2.05) is 4.90 Å². The first-order chi connectivity index (χ1) is 9.22. The third-order valence-corrected chi connectivity index (χ3v) is 4.15. The number of hydrogen-bond donors (Lipinski definition) is 1. The number of amides is 2. The second-order valence-corrected chi connectivity index (χ2v) is 5.51. The van der Waals surface area contributed by atoms with Crippen LogP contribution in [0.3, 0.4) is 0 Å². The van der Waals surface area contributed by atoms with Gasteiger partial charge in [-0.1, -0.05) is 0 Å². The topological polar surface area (TPSA) is 60.9 Å². The number of piperidine rings is 1. The van der Waals surface area contributed by atoms with Crippen LogP contribution in [-0.2, 0) is 9.59 Å². The van der Waals surface area contributed by atoms with Gasteiger partial charge in [-0.25, -0.2) is 0 Å². The molecule has 19 heavy (non-hydrogen) atoms. The molecule has 0 spiro atoms. The van der Waals surface area contributed by atoms with Crippen molar-refractivity contribution in [2.24, 2.45) is 0 Å². The van der Waals surface area contributed by atoms with Gasteiger partial charge in [0.2, 0.25) is 11.8 Å². The normalized spacial score (nSPS) is 24.1. The van der Waals surface area contributed by atoms with Crippen molar-refractivity contribution in [2.75, 3.05) is 26.2 Å². The summed E-state index contributed by atoms with van der Waals surface area (Å²) in [6.07, 6.45) is 5.86. The summed E-state index contributed by atoms with van der Waals surface area (Å²) in [4.78, 5) is 27.4. The molecule has 2 aliphatic rings. The predicted octanol–water partition coefficient (Wildman–Crippen LogP) is 0.762. The fourth-order valence-corrected chi connectivity index (χ4v) is 3.02. The Hall–Kier alpha value is -1.10. The fourth-order valence-electron chi connectivity index (χ4n) is 3.02. The molecule has 0 aliphatic carbocycles. The minimum atomic E-state index is 0.0177. The largest absolute Gasteiger partial charge is 0.394 e. The summed E-state index contributed by atoms with van der Waals surface area (Å²) in [6, 6.07) is 0.0177. The Morgan fingerprint density at radius 1 is 1.26 bits per heavy atom. The van der Waals surface area contributed by atoms with Crippen LogP contribution in [0.4, 0.5) is 0 Å². The van der Waals surface area contributed by atoms with Crippen LogP contribution in [0, 0.1) is 0 Å². The zero-order chi connectivity index (χ0) is 13.7. The highest BCUT2D eigenvalue weighted by Gasteiger charge is 2.27. The molecule has 1 N–H and O–H groups in total. The summed E-state index contributed by atoms with van der Waals surface area (Å²) in [7, 11) is 0. The molecule has 0 aromatic carbocycles. The van der Waals surface area contributed by atoms with E-state index in [-0.39, 0.29) is 24.5 Å². The molecule has 0 bridgehead atoms. The first-order valence-electron chi connectivity index (χ1n) is 7.40. The third kappa shape index (κ3) is 3.69. The van der Waals surface area contributed by atoms with Crippen LogP contribution in [-0.4, -0.2) is 59.0 Å². The molecule has 0 unspecified atom stereocenters. The summed E-state index contributed by atoms with van der Waals surface area (Å²) >= 11 is 0. The maximum atomic E-state index is 12.0. The van der Waals surface area contributed by atoms with Crippen LogP contribution in [0.25, 0.3) is 0 Å². The van der Waals surface area contributed by atoms with Gasteiger partial charge in [0.05, 0.1) is 12.6 Å². The molecule has 2 amide bonds. The summed E-state index contributed by atoms with van der Waals surface area (Å²) < 4.78 is 0. The van der Waals surface area contributed by atoms with E-state index in [4.69, 9.17) is 0 Å². The molecule has 5 heteroatoms. The number of aliphatic hydroxyl groups excluding tert-OH is 1. The molecule has 2 heterocycles. The number of aliphatic hydroxyl groups is 1. The van der Waals surface area contributed by atoms with E-state index in [1.54, 1.807) is 4.90 Å². The van der Waals surface area contributed by atoms with Gasteiger partial charge in [-0.2, -0.15) is 0 Å². The molecule has 2 rings (SSSR count). The van der Waals surface area contributed by atoms with Gasteiger partial charge in [-0.05, 0) is 32.1 Å². The Labute approximate surface area is 114 Å². The van der Waals surface area contributed by atoms with E-state index in [9.17, 15) is 14.7 Å². The van der Waals surface area contributed by atoms with Gasteiger partial charge >= 0.3 is 0 Å². The molecule has 108 valence electrons. The average Bonchev–Trinajstić information content (AvgIpc) is 2.89. The van der Waals surface area contributed by atoms with Crippen molar-refractivity contribution in [1.29, 1.82) is 0 Å². The van der Waals surface area contributed by atoms with Crippen LogP contribution in [0.5, 0.6) is 0 Å². The molecule has 5 nitrogen and oxygen atoms in total. The molecule has 0 aromatic heterocycles. The Bertz CT molecular complexity index is 333. The Balaban J connectivity index is 1.70. The van der Waals surface area contributed by atoms with Gasteiger partial charge in [-0.3, -0.25) is 9.59 Å². The maximum Gasteiger partial charge on any atom is 0.222 e. The van der Waals surface area contributed by atoms with Crippen LogP contribution >= 0.6 is 0 Å². The van der Waals surface area contributed by atoms with Gasteiger partial charge in [0.25, 0.3) is 0 Å². The van der Waals surface area contributed by atoms with Gasteiger partial charge < -0.3 is 14.9 Å². The van der Waals surface area contributed by atoms with E-state index >= 15 is 0 Å². The van der Waals surface area contributed by atoms with Crippen molar-refractivity contribution in [3.05, 3.63) is 0 Å². The Morgan fingerprint density at radius 3 is 2.84 bits per heavy atom. The first kappa shape index (κ1) is 14.3. The second kappa shape index (κ2) is 6.89. The van der Waals surface area contributed by atoms with Crippen LogP contribution < -0.4 is 0 Å². The number of rotatable bonds is 5. The van der Waals surface area contributed by atoms with Crippen molar-refractivity contribution in [3.8, 4) is 0 Å². The maximum absolute atomic E-state index is 12.0. The van der Waals surface area contributed by atoms with E-state index in [0.717, 1.165) is 45.2 Å². The minimum Gasteiger partial charge on any atom is -0.394 e. The molecular formula is C14H24N2O3. The quantitative estimate of drug-likeness (QED) is 0.801. The summed E-state index contributed by atoms with van der Waals surface area (Å²) in [5.74, 6) is 0.356. The molecule has 0 aromatic rings. The highest BCUT2D eigenvalue weighted by molar-refractivity contribution is 5.78. The summed E-state index contributed by atoms with van der Waals surface area (Å²) in [5.41, 5.74) is 0. The first-order valence-corrected chi connectivity index (χ1v) is 7.40. The van der Waals surface area contributed by atoms with E-state index in [0.29, 0.717) is 19.4 Å². The molecule has 0 saturated carbocycles. The molecular weight excluding hydrogens is 244 g/mol. The number of hydrogen-bond acceptors (Lipinski definition) is 3. The highest BCUT2D eigenvalue weighted by Crippen LogP contribution is 2.18. The van der Waals surface area contributed by atoms with Crippen LogP contribution in [0.2, 0.25) is 0 Å². The highest BCUT2D eigenvalue weighted by atomic mass is 16.3. The van der Waals surface area contributed by atoms with Crippen molar-refractivity contribution >= 4 is 11.8 Å². The summed E-state index contributed by atoms with van der Waals surface area (Å²) in [6.45, 7) is 2.38. The van der Waals surface area contributed by atoms with Gasteiger partial charge in [0.15, 0.2) is 0 Å². The lowest BCUT2D eigenvalue weighted by molar-refractivity contribution is -0.135.